The van der Waals surface area contributed by atoms with Gasteiger partial charge in [-0.05, 0) is 35.6 Å². The largest absolute Gasteiger partial charge is 0.484 e. The number of nitrogens with two attached hydrogens (primary N) is 1. The molecule has 106 valence electrons. The zero-order chi connectivity index (χ0) is 14.5. The molecular formula is C18H23NO. The predicted molar refractivity (Wildman–Crippen MR) is 84.1 cm³/mol. The summed E-state index contributed by atoms with van der Waals surface area (Å²) in [6.07, 6.45) is -0.0997. The van der Waals surface area contributed by atoms with Crippen molar-refractivity contribution in [3.63, 3.8) is 0 Å². The molecule has 2 aromatic rings. The molecule has 0 aromatic heterocycles. The van der Waals surface area contributed by atoms with Crippen LogP contribution in [0.25, 0.3) is 0 Å². The first-order valence-electron chi connectivity index (χ1n) is 7.14. The lowest BCUT2D eigenvalue weighted by atomic mass is 10.0. The third-order valence-corrected chi connectivity index (χ3v) is 3.53. The number of hydrogen-bond acceptors (Lipinski definition) is 2. The molecule has 0 bridgehead atoms. The van der Waals surface area contributed by atoms with Gasteiger partial charge in [0.05, 0.1) is 0 Å². The lowest BCUT2D eigenvalue weighted by Crippen LogP contribution is -2.18. The topological polar surface area (TPSA) is 35.2 Å². The maximum atomic E-state index is 6.15. The molecule has 2 N–H and O–H groups in total. The van der Waals surface area contributed by atoms with Gasteiger partial charge < -0.3 is 10.5 Å². The Kier molecular flexibility index (Phi) is 4.80. The summed E-state index contributed by atoms with van der Waals surface area (Å²) in [5.41, 5.74) is 9.42. The average Bonchev–Trinajstić information content (AvgIpc) is 2.47. The maximum Gasteiger partial charge on any atom is 0.136 e. The molecule has 0 saturated carbocycles. The monoisotopic (exact) mass is 269 g/mol. The second-order valence-electron chi connectivity index (χ2n) is 5.43. The molecule has 0 heterocycles. The first-order valence-corrected chi connectivity index (χ1v) is 7.14. The number of rotatable bonds is 5. The predicted octanol–water partition coefficient (Wildman–Crippen LogP) is 4.20. The van der Waals surface area contributed by atoms with Crippen LogP contribution in [-0.2, 0) is 0 Å². The molecule has 0 radical (unpaired) electrons. The average molecular weight is 269 g/mol. The maximum absolute atomic E-state index is 6.15. The van der Waals surface area contributed by atoms with Crippen LogP contribution in [0.5, 0.6) is 5.75 Å². The Bertz CT molecular complexity index is 549. The molecule has 2 nitrogen and oxygen atoms in total. The van der Waals surface area contributed by atoms with Gasteiger partial charge in [0.25, 0.3) is 0 Å². The molecule has 2 rings (SSSR count). The summed E-state index contributed by atoms with van der Waals surface area (Å²) < 4.78 is 6.15. The molecule has 2 aromatic carbocycles. The van der Waals surface area contributed by atoms with Crippen molar-refractivity contribution in [1.29, 1.82) is 0 Å². The molecular weight excluding hydrogens is 246 g/mol. The normalized spacial score (nSPS) is 12.4. The van der Waals surface area contributed by atoms with Gasteiger partial charge in [-0.25, -0.2) is 0 Å². The first-order chi connectivity index (χ1) is 9.61. The van der Waals surface area contributed by atoms with Crippen molar-refractivity contribution in [3.05, 3.63) is 65.2 Å². The number of aryl methyl sites for hydroxylation is 1. The van der Waals surface area contributed by atoms with Gasteiger partial charge in [-0.3, -0.25) is 0 Å². The van der Waals surface area contributed by atoms with Crippen LogP contribution >= 0.6 is 0 Å². The van der Waals surface area contributed by atoms with Crippen LogP contribution in [0.2, 0.25) is 0 Å². The second-order valence-corrected chi connectivity index (χ2v) is 5.43. The Morgan fingerprint density at radius 2 is 1.70 bits per heavy atom. The first kappa shape index (κ1) is 14.6. The molecule has 1 unspecified atom stereocenters. The molecule has 0 aliphatic heterocycles. The minimum atomic E-state index is -0.0997. The van der Waals surface area contributed by atoms with Crippen LogP contribution in [0.15, 0.2) is 48.5 Å². The van der Waals surface area contributed by atoms with Crippen LogP contribution in [0.4, 0.5) is 0 Å². The van der Waals surface area contributed by atoms with E-state index in [-0.39, 0.29) is 6.10 Å². The van der Waals surface area contributed by atoms with E-state index in [1.54, 1.807) is 0 Å². The van der Waals surface area contributed by atoms with Crippen LogP contribution in [0, 0.1) is 6.92 Å². The van der Waals surface area contributed by atoms with Gasteiger partial charge in [0.2, 0.25) is 0 Å². The number of hydrogen-bond donors (Lipinski definition) is 1. The summed E-state index contributed by atoms with van der Waals surface area (Å²) in [6, 6.07) is 16.5. The van der Waals surface area contributed by atoms with Gasteiger partial charge in [-0.15, -0.1) is 0 Å². The highest BCUT2D eigenvalue weighted by Gasteiger charge is 2.13. The molecule has 0 aliphatic rings. The third kappa shape index (κ3) is 3.40. The van der Waals surface area contributed by atoms with Gasteiger partial charge in [-0.2, -0.15) is 0 Å². The Morgan fingerprint density at radius 1 is 1.00 bits per heavy atom. The van der Waals surface area contributed by atoms with Crippen molar-refractivity contribution >= 4 is 0 Å². The zero-order valence-electron chi connectivity index (χ0n) is 12.5. The number of benzene rings is 2. The molecule has 0 aliphatic carbocycles. The molecule has 2 heteroatoms. The summed E-state index contributed by atoms with van der Waals surface area (Å²) >= 11 is 0. The quantitative estimate of drug-likeness (QED) is 0.883. The van der Waals surface area contributed by atoms with E-state index >= 15 is 0 Å². The molecule has 0 amide bonds. The lowest BCUT2D eigenvalue weighted by Gasteiger charge is -2.20. The fourth-order valence-corrected chi connectivity index (χ4v) is 2.18. The Morgan fingerprint density at radius 3 is 2.30 bits per heavy atom. The van der Waals surface area contributed by atoms with Crippen molar-refractivity contribution in [1.82, 2.24) is 0 Å². The molecule has 0 spiro atoms. The van der Waals surface area contributed by atoms with E-state index in [0.717, 1.165) is 16.9 Å². The van der Waals surface area contributed by atoms with Gasteiger partial charge in [0, 0.05) is 6.54 Å². The van der Waals surface area contributed by atoms with Crippen molar-refractivity contribution in [2.75, 3.05) is 6.54 Å². The molecule has 1 atom stereocenters. The van der Waals surface area contributed by atoms with Crippen molar-refractivity contribution in [2.24, 2.45) is 5.73 Å². The van der Waals surface area contributed by atoms with Crippen LogP contribution in [-0.4, -0.2) is 6.54 Å². The fourth-order valence-electron chi connectivity index (χ4n) is 2.18. The summed E-state index contributed by atoms with van der Waals surface area (Å²) in [5, 5.41) is 0. The van der Waals surface area contributed by atoms with E-state index in [0.29, 0.717) is 12.5 Å². The summed E-state index contributed by atoms with van der Waals surface area (Å²) in [6.45, 7) is 6.91. The highest BCUT2D eigenvalue weighted by Crippen LogP contribution is 2.28. The number of ether oxygens (including phenoxy) is 1. The zero-order valence-corrected chi connectivity index (χ0v) is 12.5. The highest BCUT2D eigenvalue weighted by atomic mass is 16.5. The van der Waals surface area contributed by atoms with E-state index in [1.807, 2.05) is 18.2 Å². The van der Waals surface area contributed by atoms with Crippen molar-refractivity contribution < 1.29 is 4.74 Å². The Hall–Kier alpha value is -1.80. The summed E-state index contributed by atoms with van der Waals surface area (Å²) in [5.74, 6) is 1.42. The minimum absolute atomic E-state index is 0.0997. The van der Waals surface area contributed by atoms with Crippen LogP contribution in [0.3, 0.4) is 0 Å². The van der Waals surface area contributed by atoms with Crippen molar-refractivity contribution in [3.8, 4) is 5.75 Å². The van der Waals surface area contributed by atoms with E-state index in [4.69, 9.17) is 10.5 Å². The molecule has 20 heavy (non-hydrogen) atoms. The van der Waals surface area contributed by atoms with E-state index in [2.05, 4.69) is 51.1 Å². The summed E-state index contributed by atoms with van der Waals surface area (Å²) in [4.78, 5) is 0. The second kappa shape index (κ2) is 6.58. The van der Waals surface area contributed by atoms with Gasteiger partial charge in [0.1, 0.15) is 11.9 Å². The highest BCUT2D eigenvalue weighted by molar-refractivity contribution is 5.38. The SMILES string of the molecule is Cc1ccc(C(C)C)cc1OC(CN)c1ccccc1. The van der Waals surface area contributed by atoms with E-state index < -0.39 is 0 Å². The van der Waals surface area contributed by atoms with Gasteiger partial charge in [0.15, 0.2) is 0 Å². The third-order valence-electron chi connectivity index (χ3n) is 3.53. The molecule has 0 saturated heterocycles. The molecule has 0 fully saturated rings. The lowest BCUT2D eigenvalue weighted by molar-refractivity contribution is 0.212. The van der Waals surface area contributed by atoms with Gasteiger partial charge >= 0.3 is 0 Å². The Labute approximate surface area is 121 Å². The standard InChI is InChI=1S/C18H23NO/c1-13(2)16-10-9-14(3)17(11-16)20-18(12-19)15-7-5-4-6-8-15/h4-11,13,18H,12,19H2,1-3H3. The summed E-state index contributed by atoms with van der Waals surface area (Å²) in [7, 11) is 0. The van der Waals surface area contributed by atoms with E-state index in [9.17, 15) is 0 Å². The van der Waals surface area contributed by atoms with Crippen LogP contribution in [0.1, 0.15) is 42.6 Å². The minimum Gasteiger partial charge on any atom is -0.484 e. The van der Waals surface area contributed by atoms with E-state index in [1.165, 1.54) is 5.56 Å². The van der Waals surface area contributed by atoms with Crippen LogP contribution < -0.4 is 10.5 Å². The van der Waals surface area contributed by atoms with Crippen molar-refractivity contribution in [2.45, 2.75) is 32.8 Å². The Balaban J connectivity index is 2.25. The fraction of sp³-hybridized carbons (Fsp3) is 0.333. The smallest absolute Gasteiger partial charge is 0.136 e. The van der Waals surface area contributed by atoms with Gasteiger partial charge in [-0.1, -0.05) is 56.3 Å².